The van der Waals surface area contributed by atoms with Crippen LogP contribution in [0.3, 0.4) is 0 Å². The number of hydrogen-bond acceptors (Lipinski definition) is 3. The molecule has 0 saturated heterocycles. The van der Waals surface area contributed by atoms with Crippen molar-refractivity contribution in [3.8, 4) is 0 Å². The third-order valence-corrected chi connectivity index (χ3v) is 0.698. The number of carboxylic acid groups (broad SMARTS) is 1. The minimum Gasteiger partial charge on any atom is -0.481 e. The third-order valence-electron chi connectivity index (χ3n) is 0.698. The molecule has 0 aliphatic carbocycles. The lowest BCUT2D eigenvalue weighted by molar-refractivity contribution is -0.134. The number of aliphatic hydroxyl groups excluding tert-OH is 2. The molecule has 0 fully saturated rings. The van der Waals surface area contributed by atoms with Crippen molar-refractivity contribution in [3.63, 3.8) is 0 Å². The number of carbonyl (C=O) groups is 1. The predicted octanol–water partition coefficient (Wildman–Crippen LogP) is -0.161. The van der Waals surface area contributed by atoms with E-state index in [9.17, 15) is 0 Å². The Morgan fingerprint density at radius 2 is 1.30 bits per heavy atom. The van der Waals surface area contributed by atoms with Gasteiger partial charge in [-0.2, -0.15) is 0 Å². The van der Waals surface area contributed by atoms with Crippen LogP contribution in [0.25, 0.3) is 0 Å². The summed E-state index contributed by atoms with van der Waals surface area (Å²) in [6.07, 6.45) is -1.19. The van der Waals surface area contributed by atoms with Crippen LogP contribution in [0.2, 0.25) is 0 Å². The zero-order valence-corrected chi connectivity index (χ0v) is 6.40. The van der Waals surface area contributed by atoms with Gasteiger partial charge in [0.2, 0.25) is 0 Å². The van der Waals surface area contributed by atoms with Gasteiger partial charge in [0.15, 0.2) is 0 Å². The molecule has 0 saturated carbocycles. The smallest absolute Gasteiger partial charge is 0.300 e. The number of rotatable bonds is 1. The summed E-state index contributed by atoms with van der Waals surface area (Å²) in [6.45, 7) is 4.18. The Morgan fingerprint density at radius 3 is 1.30 bits per heavy atom. The maximum absolute atomic E-state index is 9.00. The summed E-state index contributed by atoms with van der Waals surface area (Å²) in [4.78, 5) is 9.00. The van der Waals surface area contributed by atoms with Gasteiger partial charge in [0.05, 0.1) is 12.2 Å². The van der Waals surface area contributed by atoms with Crippen LogP contribution < -0.4 is 0 Å². The molecule has 0 aromatic rings. The lowest BCUT2D eigenvalue weighted by Gasteiger charge is -2.03. The van der Waals surface area contributed by atoms with E-state index in [1.807, 2.05) is 0 Å². The minimum atomic E-state index is -0.833. The van der Waals surface area contributed by atoms with Crippen LogP contribution in [0, 0.1) is 0 Å². The van der Waals surface area contributed by atoms with Crippen LogP contribution in [0.4, 0.5) is 0 Å². The topological polar surface area (TPSA) is 77.8 Å². The molecule has 0 aromatic carbocycles. The Balaban J connectivity index is 0. The fraction of sp³-hybridized carbons (Fsp3) is 0.833. The average Bonchev–Trinajstić information content (AvgIpc) is 1.63. The second kappa shape index (κ2) is 6.51. The second-order valence-corrected chi connectivity index (χ2v) is 2.00. The summed E-state index contributed by atoms with van der Waals surface area (Å²) in [5.41, 5.74) is 0. The van der Waals surface area contributed by atoms with E-state index in [4.69, 9.17) is 20.1 Å². The van der Waals surface area contributed by atoms with Gasteiger partial charge in [-0.25, -0.2) is 0 Å². The van der Waals surface area contributed by atoms with E-state index >= 15 is 0 Å². The lowest BCUT2D eigenvalue weighted by atomic mass is 10.3. The molecule has 2 atom stereocenters. The fourth-order valence-corrected chi connectivity index (χ4v) is 0. The molecule has 0 amide bonds. The van der Waals surface area contributed by atoms with Crippen molar-refractivity contribution in [2.75, 3.05) is 0 Å². The zero-order valence-electron chi connectivity index (χ0n) is 6.40. The number of aliphatic hydroxyl groups is 2. The van der Waals surface area contributed by atoms with Crippen molar-refractivity contribution in [1.29, 1.82) is 0 Å². The Labute approximate surface area is 60.1 Å². The van der Waals surface area contributed by atoms with Gasteiger partial charge in [-0.1, -0.05) is 0 Å². The Bertz CT molecular complexity index is 77.7. The molecular weight excluding hydrogens is 136 g/mol. The van der Waals surface area contributed by atoms with Crippen LogP contribution in [0.5, 0.6) is 0 Å². The van der Waals surface area contributed by atoms with Crippen LogP contribution in [-0.4, -0.2) is 33.5 Å². The molecule has 4 nitrogen and oxygen atoms in total. The largest absolute Gasteiger partial charge is 0.481 e. The molecule has 2 unspecified atom stereocenters. The first-order valence-corrected chi connectivity index (χ1v) is 2.93. The molecule has 0 rings (SSSR count). The quantitative estimate of drug-likeness (QED) is 0.485. The molecule has 3 N–H and O–H groups in total. The van der Waals surface area contributed by atoms with E-state index in [0.717, 1.165) is 6.92 Å². The van der Waals surface area contributed by atoms with Gasteiger partial charge in [-0.15, -0.1) is 0 Å². The third kappa shape index (κ3) is 26.3. The highest BCUT2D eigenvalue weighted by molar-refractivity contribution is 5.62. The van der Waals surface area contributed by atoms with Gasteiger partial charge in [-0.05, 0) is 13.8 Å². The molecule has 0 aliphatic heterocycles. The van der Waals surface area contributed by atoms with Gasteiger partial charge in [0, 0.05) is 6.92 Å². The highest BCUT2D eigenvalue weighted by Gasteiger charge is 1.99. The first-order valence-electron chi connectivity index (χ1n) is 2.93. The van der Waals surface area contributed by atoms with Gasteiger partial charge in [0.1, 0.15) is 0 Å². The first kappa shape index (κ1) is 12.1. The van der Waals surface area contributed by atoms with Crippen molar-refractivity contribution in [2.45, 2.75) is 33.0 Å². The number of aliphatic carboxylic acids is 1. The van der Waals surface area contributed by atoms with Crippen LogP contribution >= 0.6 is 0 Å². The molecule has 0 aromatic heterocycles. The van der Waals surface area contributed by atoms with E-state index in [1.54, 1.807) is 13.8 Å². The second-order valence-electron chi connectivity index (χ2n) is 2.00. The van der Waals surface area contributed by atoms with Gasteiger partial charge in [-0.3, -0.25) is 4.79 Å². The summed E-state index contributed by atoms with van der Waals surface area (Å²) in [5, 5.41) is 24.2. The summed E-state index contributed by atoms with van der Waals surface area (Å²) in [7, 11) is 0. The maximum atomic E-state index is 9.00. The monoisotopic (exact) mass is 150 g/mol. The van der Waals surface area contributed by atoms with Crippen LogP contribution in [0.15, 0.2) is 0 Å². The van der Waals surface area contributed by atoms with E-state index in [0.29, 0.717) is 0 Å². The molecule has 0 bridgehead atoms. The SMILES string of the molecule is CC(=O)O.CC(O)C(C)O. The lowest BCUT2D eigenvalue weighted by Crippen LogP contribution is -2.17. The normalized spacial score (nSPS) is 14.5. The van der Waals surface area contributed by atoms with E-state index < -0.39 is 18.2 Å². The van der Waals surface area contributed by atoms with E-state index in [2.05, 4.69) is 0 Å². The highest BCUT2D eigenvalue weighted by Crippen LogP contribution is 1.85. The predicted molar refractivity (Wildman–Crippen MR) is 36.7 cm³/mol. The standard InChI is InChI=1S/C4H10O2.C2H4O2/c1-3(5)4(2)6;1-2(3)4/h3-6H,1-2H3;1H3,(H,3,4). The van der Waals surface area contributed by atoms with Crippen LogP contribution in [0.1, 0.15) is 20.8 Å². The molecule has 0 spiro atoms. The fourth-order valence-electron chi connectivity index (χ4n) is 0. The van der Waals surface area contributed by atoms with E-state index in [-0.39, 0.29) is 0 Å². The first-order chi connectivity index (χ1) is 4.37. The summed E-state index contributed by atoms with van der Waals surface area (Å²) in [5.74, 6) is -0.833. The maximum Gasteiger partial charge on any atom is 0.300 e. The van der Waals surface area contributed by atoms with Gasteiger partial charge in [0.25, 0.3) is 5.97 Å². The minimum absolute atomic E-state index is 0.593. The van der Waals surface area contributed by atoms with Gasteiger partial charge >= 0.3 is 0 Å². The Morgan fingerprint density at radius 1 is 1.20 bits per heavy atom. The van der Waals surface area contributed by atoms with Crippen molar-refractivity contribution in [2.24, 2.45) is 0 Å². The molecule has 4 heteroatoms. The Kier molecular flexibility index (Phi) is 7.88. The summed E-state index contributed by atoms with van der Waals surface area (Å²) < 4.78 is 0. The zero-order chi connectivity index (χ0) is 8.73. The number of hydrogen-bond donors (Lipinski definition) is 3. The molecule has 0 radical (unpaired) electrons. The highest BCUT2D eigenvalue weighted by atomic mass is 16.4. The average molecular weight is 150 g/mol. The molecule has 0 heterocycles. The van der Waals surface area contributed by atoms with Gasteiger partial charge < -0.3 is 15.3 Å². The molecule has 0 aliphatic rings. The van der Waals surface area contributed by atoms with Crippen molar-refractivity contribution >= 4 is 5.97 Å². The summed E-state index contributed by atoms with van der Waals surface area (Å²) >= 11 is 0. The Hall–Kier alpha value is -0.610. The molecular formula is C6H14O4. The van der Waals surface area contributed by atoms with Crippen molar-refractivity contribution in [1.82, 2.24) is 0 Å². The molecule has 10 heavy (non-hydrogen) atoms. The van der Waals surface area contributed by atoms with Crippen LogP contribution in [-0.2, 0) is 4.79 Å². The number of carboxylic acids is 1. The molecule has 62 valence electrons. The van der Waals surface area contributed by atoms with Crippen molar-refractivity contribution in [3.05, 3.63) is 0 Å². The van der Waals surface area contributed by atoms with Crippen molar-refractivity contribution < 1.29 is 20.1 Å². The summed E-state index contributed by atoms with van der Waals surface area (Å²) in [6, 6.07) is 0. The van der Waals surface area contributed by atoms with E-state index in [1.165, 1.54) is 0 Å².